The number of nitrogens with one attached hydrogen (secondary N) is 1. The second kappa shape index (κ2) is 14.3. The standard InChI is InChI=1S/C27H54N2/c1-23(2)25(4)27(8,9)20-19-24(3)29(26(5,6)7)22-18-16-14-12-11-13-15-17-21-28-10/h23,28H,3-4,11-22H2,1-2,5-10H3. The Hall–Kier alpha value is -0.760. The molecule has 0 atom stereocenters. The van der Waals surface area contributed by atoms with Crippen LogP contribution in [-0.4, -0.2) is 30.6 Å². The van der Waals surface area contributed by atoms with E-state index < -0.39 is 0 Å². The van der Waals surface area contributed by atoms with Gasteiger partial charge in [0.05, 0.1) is 0 Å². The molecule has 0 aromatic carbocycles. The monoisotopic (exact) mass is 406 g/mol. The largest absolute Gasteiger partial charge is 0.370 e. The minimum Gasteiger partial charge on any atom is -0.370 e. The summed E-state index contributed by atoms with van der Waals surface area (Å²) >= 11 is 0. The highest BCUT2D eigenvalue weighted by Gasteiger charge is 2.27. The molecule has 2 heteroatoms. The number of unbranched alkanes of at least 4 members (excludes halogenated alkanes) is 7. The molecule has 29 heavy (non-hydrogen) atoms. The van der Waals surface area contributed by atoms with E-state index in [1.807, 2.05) is 7.05 Å². The summed E-state index contributed by atoms with van der Waals surface area (Å²) in [5.74, 6) is 0.542. The molecule has 0 saturated carbocycles. The van der Waals surface area contributed by atoms with Crippen LogP contribution in [0.25, 0.3) is 0 Å². The molecule has 0 heterocycles. The zero-order valence-electron chi connectivity index (χ0n) is 21.4. The lowest BCUT2D eigenvalue weighted by molar-refractivity contribution is 0.171. The molecule has 0 aliphatic rings. The van der Waals surface area contributed by atoms with Crippen molar-refractivity contribution in [2.45, 2.75) is 118 Å². The van der Waals surface area contributed by atoms with Crippen LogP contribution >= 0.6 is 0 Å². The van der Waals surface area contributed by atoms with Gasteiger partial charge in [-0.3, -0.25) is 0 Å². The predicted octanol–water partition coefficient (Wildman–Crippen LogP) is 7.96. The summed E-state index contributed by atoms with van der Waals surface area (Å²) < 4.78 is 0. The first-order valence-corrected chi connectivity index (χ1v) is 12.2. The number of hydrogen-bond acceptors (Lipinski definition) is 2. The van der Waals surface area contributed by atoms with Crippen LogP contribution in [0, 0.1) is 11.3 Å². The zero-order chi connectivity index (χ0) is 22.5. The fourth-order valence-corrected chi connectivity index (χ4v) is 4.13. The van der Waals surface area contributed by atoms with E-state index in [2.05, 4.69) is 71.8 Å². The van der Waals surface area contributed by atoms with E-state index in [0.717, 1.165) is 25.9 Å². The van der Waals surface area contributed by atoms with Crippen molar-refractivity contribution in [2.24, 2.45) is 11.3 Å². The molecule has 0 radical (unpaired) electrons. The lowest BCUT2D eigenvalue weighted by atomic mass is 9.76. The van der Waals surface area contributed by atoms with Gasteiger partial charge in [0.1, 0.15) is 0 Å². The third kappa shape index (κ3) is 12.5. The predicted molar refractivity (Wildman–Crippen MR) is 133 cm³/mol. The van der Waals surface area contributed by atoms with Crippen LogP contribution in [0.4, 0.5) is 0 Å². The van der Waals surface area contributed by atoms with Gasteiger partial charge in [0, 0.05) is 17.8 Å². The van der Waals surface area contributed by atoms with Crippen LogP contribution in [0.3, 0.4) is 0 Å². The molecule has 0 saturated heterocycles. The third-order valence-electron chi connectivity index (χ3n) is 6.35. The summed E-state index contributed by atoms with van der Waals surface area (Å²) in [5.41, 5.74) is 2.97. The van der Waals surface area contributed by atoms with Gasteiger partial charge in [-0.1, -0.05) is 85.0 Å². The Labute approximate surface area is 184 Å². The molecular weight excluding hydrogens is 352 g/mol. The Bertz CT molecular complexity index is 454. The minimum atomic E-state index is 0.142. The van der Waals surface area contributed by atoms with E-state index in [9.17, 15) is 0 Å². The minimum absolute atomic E-state index is 0.142. The van der Waals surface area contributed by atoms with Crippen molar-refractivity contribution in [1.29, 1.82) is 0 Å². The fourth-order valence-electron chi connectivity index (χ4n) is 4.13. The Morgan fingerprint density at radius 1 is 0.828 bits per heavy atom. The summed E-state index contributed by atoms with van der Waals surface area (Å²) in [7, 11) is 2.04. The molecule has 0 bridgehead atoms. The average Bonchev–Trinajstić information content (AvgIpc) is 2.62. The molecule has 172 valence electrons. The third-order valence-corrected chi connectivity index (χ3v) is 6.35. The van der Waals surface area contributed by atoms with Crippen molar-refractivity contribution < 1.29 is 0 Å². The van der Waals surface area contributed by atoms with Gasteiger partial charge in [0.15, 0.2) is 0 Å². The van der Waals surface area contributed by atoms with E-state index in [0.29, 0.717) is 5.92 Å². The first-order chi connectivity index (χ1) is 13.4. The topological polar surface area (TPSA) is 15.3 Å². The summed E-state index contributed by atoms with van der Waals surface area (Å²) in [5, 5.41) is 3.23. The number of hydrogen-bond donors (Lipinski definition) is 1. The van der Waals surface area contributed by atoms with Crippen molar-refractivity contribution in [1.82, 2.24) is 10.2 Å². The molecule has 0 aliphatic heterocycles. The zero-order valence-corrected chi connectivity index (χ0v) is 21.4. The van der Waals surface area contributed by atoms with Gasteiger partial charge in [0.2, 0.25) is 0 Å². The van der Waals surface area contributed by atoms with Crippen LogP contribution in [-0.2, 0) is 0 Å². The molecule has 0 spiro atoms. The van der Waals surface area contributed by atoms with Gasteiger partial charge in [-0.25, -0.2) is 0 Å². The van der Waals surface area contributed by atoms with Crippen molar-refractivity contribution in [3.05, 3.63) is 24.4 Å². The van der Waals surface area contributed by atoms with Crippen molar-refractivity contribution in [2.75, 3.05) is 20.1 Å². The quantitative estimate of drug-likeness (QED) is 0.195. The molecule has 0 aromatic rings. The van der Waals surface area contributed by atoms with Gasteiger partial charge in [-0.15, -0.1) is 0 Å². The lowest BCUT2D eigenvalue weighted by Gasteiger charge is -2.40. The Balaban J connectivity index is 4.30. The maximum Gasteiger partial charge on any atom is 0.0314 e. The van der Waals surface area contributed by atoms with Crippen LogP contribution in [0.2, 0.25) is 0 Å². The SMILES string of the molecule is C=C(CCC(C)(C)C(=C)C(C)C)N(CCCCCCCCCCNC)C(C)(C)C. The summed E-state index contributed by atoms with van der Waals surface area (Å²) in [4.78, 5) is 2.55. The summed E-state index contributed by atoms with van der Waals surface area (Å²) in [6, 6.07) is 0. The fraction of sp³-hybridized carbons (Fsp3) is 0.852. The van der Waals surface area contributed by atoms with Crippen LogP contribution in [0.5, 0.6) is 0 Å². The van der Waals surface area contributed by atoms with Crippen molar-refractivity contribution in [3.63, 3.8) is 0 Å². The number of nitrogens with zero attached hydrogens (tertiary/aromatic N) is 1. The highest BCUT2D eigenvalue weighted by Crippen LogP contribution is 2.37. The van der Waals surface area contributed by atoms with E-state index in [-0.39, 0.29) is 11.0 Å². The van der Waals surface area contributed by atoms with Gasteiger partial charge < -0.3 is 10.2 Å². The van der Waals surface area contributed by atoms with E-state index in [1.54, 1.807) is 0 Å². The van der Waals surface area contributed by atoms with Gasteiger partial charge in [0.25, 0.3) is 0 Å². The van der Waals surface area contributed by atoms with Gasteiger partial charge in [-0.2, -0.15) is 0 Å². The van der Waals surface area contributed by atoms with Crippen LogP contribution in [0.1, 0.15) is 113 Å². The molecular formula is C27H54N2. The average molecular weight is 407 g/mol. The number of rotatable bonds is 17. The molecule has 0 rings (SSSR count). The van der Waals surface area contributed by atoms with E-state index >= 15 is 0 Å². The van der Waals surface area contributed by atoms with Crippen LogP contribution < -0.4 is 5.32 Å². The maximum atomic E-state index is 4.48. The van der Waals surface area contributed by atoms with E-state index in [1.165, 1.54) is 62.6 Å². The van der Waals surface area contributed by atoms with Gasteiger partial charge in [-0.05, 0) is 71.4 Å². The first-order valence-electron chi connectivity index (χ1n) is 12.2. The molecule has 2 nitrogen and oxygen atoms in total. The molecule has 0 unspecified atom stereocenters. The lowest BCUT2D eigenvalue weighted by Crippen LogP contribution is -2.41. The highest BCUT2D eigenvalue weighted by molar-refractivity contribution is 5.11. The molecule has 0 aromatic heterocycles. The Morgan fingerprint density at radius 2 is 1.31 bits per heavy atom. The molecule has 1 N–H and O–H groups in total. The number of allylic oxidation sites excluding steroid dienone is 2. The Kier molecular flexibility index (Phi) is 13.9. The van der Waals surface area contributed by atoms with Crippen molar-refractivity contribution in [3.8, 4) is 0 Å². The second-order valence-corrected chi connectivity index (χ2v) is 10.9. The normalized spacial score (nSPS) is 12.4. The molecule has 0 amide bonds. The Morgan fingerprint density at radius 3 is 1.76 bits per heavy atom. The van der Waals surface area contributed by atoms with Crippen molar-refractivity contribution >= 4 is 0 Å². The smallest absolute Gasteiger partial charge is 0.0314 e. The molecule has 0 aliphatic carbocycles. The maximum absolute atomic E-state index is 4.48. The summed E-state index contributed by atoms with van der Waals surface area (Å²) in [6.45, 7) is 27.3. The van der Waals surface area contributed by atoms with E-state index in [4.69, 9.17) is 0 Å². The summed E-state index contributed by atoms with van der Waals surface area (Å²) in [6.07, 6.45) is 13.0. The first kappa shape index (κ1) is 28.2. The van der Waals surface area contributed by atoms with Gasteiger partial charge >= 0.3 is 0 Å². The second-order valence-electron chi connectivity index (χ2n) is 10.9. The van der Waals surface area contributed by atoms with Crippen LogP contribution in [0.15, 0.2) is 24.4 Å². The molecule has 0 fully saturated rings. The highest BCUT2D eigenvalue weighted by atomic mass is 15.2.